The van der Waals surface area contributed by atoms with Crippen LogP contribution in [0.15, 0.2) is 41.2 Å². The second kappa shape index (κ2) is 7.61. The molecule has 5 nitrogen and oxygen atoms in total. The highest BCUT2D eigenvalue weighted by Crippen LogP contribution is 2.22. The fourth-order valence-corrected chi connectivity index (χ4v) is 2.33. The van der Waals surface area contributed by atoms with E-state index in [4.69, 9.17) is 10.00 Å². The molecule has 0 aliphatic heterocycles. The number of benzene rings is 1. The summed E-state index contributed by atoms with van der Waals surface area (Å²) in [5.41, 5.74) is 1.65. The summed E-state index contributed by atoms with van der Waals surface area (Å²) < 4.78 is 7.11. The van der Waals surface area contributed by atoms with Gasteiger partial charge in [-0.1, -0.05) is 0 Å². The van der Waals surface area contributed by atoms with Crippen molar-refractivity contribution in [3.63, 3.8) is 0 Å². The minimum atomic E-state index is -0.249. The Morgan fingerprint density at radius 2 is 1.87 bits per heavy atom. The second-order valence-electron chi connectivity index (χ2n) is 5.46. The Kier molecular flexibility index (Phi) is 5.56. The summed E-state index contributed by atoms with van der Waals surface area (Å²) in [4.78, 5) is 14.5. The molecule has 0 N–H and O–H groups in total. The Morgan fingerprint density at radius 3 is 2.43 bits per heavy atom. The lowest BCUT2D eigenvalue weighted by Gasteiger charge is -2.16. The van der Waals surface area contributed by atoms with Crippen LogP contribution >= 0.6 is 0 Å². The van der Waals surface area contributed by atoms with Crippen LogP contribution in [0.2, 0.25) is 0 Å². The van der Waals surface area contributed by atoms with Crippen LogP contribution in [0.3, 0.4) is 0 Å². The zero-order chi connectivity index (χ0) is 16.8. The van der Waals surface area contributed by atoms with Crippen molar-refractivity contribution in [1.82, 2.24) is 9.47 Å². The Balaban J connectivity index is 2.46. The average Bonchev–Trinajstić information content (AvgIpc) is 2.54. The second-order valence-corrected chi connectivity index (χ2v) is 5.46. The van der Waals surface area contributed by atoms with E-state index in [1.54, 1.807) is 10.6 Å². The molecule has 0 saturated carbocycles. The molecule has 0 radical (unpaired) electrons. The molecule has 0 unspecified atom stereocenters. The number of rotatable bonds is 6. The molecule has 23 heavy (non-hydrogen) atoms. The van der Waals surface area contributed by atoms with E-state index in [1.165, 1.54) is 0 Å². The predicted molar refractivity (Wildman–Crippen MR) is 90.6 cm³/mol. The Bertz CT molecular complexity index is 755. The van der Waals surface area contributed by atoms with Crippen LogP contribution in [0.1, 0.15) is 12.5 Å². The zero-order valence-electron chi connectivity index (χ0n) is 13.7. The van der Waals surface area contributed by atoms with E-state index >= 15 is 0 Å². The van der Waals surface area contributed by atoms with Gasteiger partial charge < -0.3 is 14.2 Å². The van der Waals surface area contributed by atoms with E-state index in [2.05, 4.69) is 0 Å². The van der Waals surface area contributed by atoms with Crippen LogP contribution in [-0.2, 0) is 6.54 Å². The molecule has 120 valence electrons. The summed E-state index contributed by atoms with van der Waals surface area (Å²) in [6.45, 7) is 3.81. The molecule has 1 aromatic carbocycles. The molecule has 0 aliphatic carbocycles. The highest BCUT2D eigenvalue weighted by Gasteiger charge is 2.11. The van der Waals surface area contributed by atoms with E-state index in [-0.39, 0.29) is 11.1 Å². The van der Waals surface area contributed by atoms with E-state index in [0.717, 1.165) is 23.6 Å². The third kappa shape index (κ3) is 3.99. The lowest BCUT2D eigenvalue weighted by molar-refractivity contribution is 0.340. The summed E-state index contributed by atoms with van der Waals surface area (Å²) in [5, 5.41) is 9.09. The summed E-state index contributed by atoms with van der Waals surface area (Å²) in [6, 6.07) is 13.0. The van der Waals surface area contributed by atoms with Gasteiger partial charge in [0.25, 0.3) is 5.56 Å². The molecular weight excluding hydrogens is 290 g/mol. The molecule has 0 amide bonds. The third-order valence-electron chi connectivity index (χ3n) is 3.53. The molecule has 2 rings (SSSR count). The van der Waals surface area contributed by atoms with E-state index in [9.17, 15) is 4.79 Å². The van der Waals surface area contributed by atoms with Gasteiger partial charge in [-0.2, -0.15) is 5.26 Å². The molecule has 1 aromatic heterocycles. The summed E-state index contributed by atoms with van der Waals surface area (Å²) in [7, 11) is 3.91. The average molecular weight is 311 g/mol. The molecule has 0 bridgehead atoms. The normalized spacial score (nSPS) is 10.6. The molecule has 0 aliphatic rings. The summed E-state index contributed by atoms with van der Waals surface area (Å²) >= 11 is 0. The van der Waals surface area contributed by atoms with Gasteiger partial charge in [-0.15, -0.1) is 0 Å². The molecule has 0 fully saturated rings. The lowest BCUT2D eigenvalue weighted by Crippen LogP contribution is -2.29. The minimum Gasteiger partial charge on any atom is -0.494 e. The van der Waals surface area contributed by atoms with Crippen LogP contribution in [0, 0.1) is 11.3 Å². The Labute approximate surface area is 136 Å². The largest absolute Gasteiger partial charge is 0.494 e. The van der Waals surface area contributed by atoms with Crippen molar-refractivity contribution in [2.75, 3.05) is 27.2 Å². The van der Waals surface area contributed by atoms with Crippen molar-refractivity contribution in [2.45, 2.75) is 13.5 Å². The standard InChI is InChI=1S/C18H21N3O2/c1-4-23-16-8-5-14(6-9-16)17-10-7-15(13-19)18(22)21(17)12-11-20(2)3/h5-10H,4,11-12H2,1-3H3. The van der Waals surface area contributed by atoms with E-state index < -0.39 is 0 Å². The number of likely N-dealkylation sites (N-methyl/N-ethyl adjacent to an activating group) is 1. The van der Waals surface area contributed by atoms with Crippen molar-refractivity contribution < 1.29 is 4.74 Å². The molecule has 1 heterocycles. The van der Waals surface area contributed by atoms with Crippen LogP contribution < -0.4 is 10.3 Å². The van der Waals surface area contributed by atoms with Crippen LogP contribution in [0.5, 0.6) is 5.75 Å². The number of nitrogens with zero attached hydrogens (tertiary/aromatic N) is 3. The number of pyridine rings is 1. The van der Waals surface area contributed by atoms with E-state index in [0.29, 0.717) is 13.2 Å². The van der Waals surface area contributed by atoms with Crippen molar-refractivity contribution in [2.24, 2.45) is 0 Å². The number of ether oxygens (including phenoxy) is 1. The van der Waals surface area contributed by atoms with Crippen molar-refractivity contribution >= 4 is 0 Å². The van der Waals surface area contributed by atoms with Crippen LogP contribution in [-0.4, -0.2) is 36.7 Å². The number of nitriles is 1. The van der Waals surface area contributed by atoms with Crippen molar-refractivity contribution in [3.8, 4) is 23.1 Å². The van der Waals surface area contributed by atoms with Crippen LogP contribution in [0.25, 0.3) is 11.3 Å². The maximum atomic E-state index is 12.5. The summed E-state index contributed by atoms with van der Waals surface area (Å²) in [6.07, 6.45) is 0. The summed E-state index contributed by atoms with van der Waals surface area (Å²) in [5.74, 6) is 0.798. The number of aromatic nitrogens is 1. The smallest absolute Gasteiger partial charge is 0.268 e. The molecule has 0 spiro atoms. The Morgan fingerprint density at radius 1 is 1.17 bits per heavy atom. The quantitative estimate of drug-likeness (QED) is 0.821. The molecule has 0 saturated heterocycles. The molecule has 0 atom stereocenters. The van der Waals surface area contributed by atoms with E-state index in [1.807, 2.05) is 62.3 Å². The molecule has 2 aromatic rings. The first-order chi connectivity index (χ1) is 11.1. The van der Waals surface area contributed by atoms with Crippen LogP contribution in [0.4, 0.5) is 0 Å². The van der Waals surface area contributed by atoms with Gasteiger partial charge in [0.15, 0.2) is 0 Å². The van der Waals surface area contributed by atoms with Gasteiger partial charge in [0, 0.05) is 13.1 Å². The van der Waals surface area contributed by atoms with Gasteiger partial charge in [-0.05, 0) is 63.0 Å². The first-order valence-electron chi connectivity index (χ1n) is 7.58. The predicted octanol–water partition coefficient (Wildman–Crippen LogP) is 2.35. The van der Waals surface area contributed by atoms with Crippen molar-refractivity contribution in [1.29, 1.82) is 5.26 Å². The maximum Gasteiger partial charge on any atom is 0.268 e. The number of hydrogen-bond acceptors (Lipinski definition) is 4. The van der Waals surface area contributed by atoms with Gasteiger partial charge in [0.1, 0.15) is 17.4 Å². The topological polar surface area (TPSA) is 58.3 Å². The Hall–Kier alpha value is -2.58. The first kappa shape index (κ1) is 16.8. The van der Waals surface area contributed by atoms with Gasteiger partial charge in [-0.25, -0.2) is 0 Å². The fraction of sp³-hybridized carbons (Fsp3) is 0.333. The zero-order valence-corrected chi connectivity index (χ0v) is 13.7. The SMILES string of the molecule is CCOc1ccc(-c2ccc(C#N)c(=O)n2CCN(C)C)cc1. The minimum absolute atomic E-state index is 0.165. The highest BCUT2D eigenvalue weighted by atomic mass is 16.5. The van der Waals surface area contributed by atoms with Gasteiger partial charge in [0.2, 0.25) is 0 Å². The lowest BCUT2D eigenvalue weighted by atomic mass is 10.1. The fourth-order valence-electron chi connectivity index (χ4n) is 2.33. The first-order valence-corrected chi connectivity index (χ1v) is 7.58. The van der Waals surface area contributed by atoms with Crippen molar-refractivity contribution in [3.05, 3.63) is 52.3 Å². The van der Waals surface area contributed by atoms with Gasteiger partial charge >= 0.3 is 0 Å². The van der Waals surface area contributed by atoms with Gasteiger partial charge in [-0.3, -0.25) is 4.79 Å². The number of hydrogen-bond donors (Lipinski definition) is 0. The third-order valence-corrected chi connectivity index (χ3v) is 3.53. The monoisotopic (exact) mass is 311 g/mol. The maximum absolute atomic E-state index is 12.5. The molecule has 5 heteroatoms. The molecular formula is C18H21N3O2. The van der Waals surface area contributed by atoms with Gasteiger partial charge in [0.05, 0.1) is 12.3 Å². The highest BCUT2D eigenvalue weighted by molar-refractivity contribution is 5.61.